The Hall–Kier alpha value is -4.24. The Morgan fingerprint density at radius 1 is 1.06 bits per heavy atom. The molecule has 0 amide bonds. The molecule has 0 radical (unpaired) electrons. The van der Waals surface area contributed by atoms with E-state index < -0.39 is 10.0 Å². The number of nitrogens with zero attached hydrogens (tertiary/aromatic N) is 4. The highest BCUT2D eigenvalue weighted by molar-refractivity contribution is 7.95. The van der Waals surface area contributed by atoms with Gasteiger partial charge in [-0.2, -0.15) is 5.10 Å². The minimum Gasteiger partial charge on any atom is -0.280 e. The molecule has 0 unspecified atom stereocenters. The summed E-state index contributed by atoms with van der Waals surface area (Å²) >= 11 is 0. The van der Waals surface area contributed by atoms with E-state index in [4.69, 9.17) is 0 Å². The second-order valence-corrected chi connectivity index (χ2v) is 9.16. The van der Waals surface area contributed by atoms with Gasteiger partial charge in [0.25, 0.3) is 15.6 Å². The number of rotatable bonds is 5. The Balaban J connectivity index is 1.81. The van der Waals surface area contributed by atoms with Crippen molar-refractivity contribution in [2.75, 3.05) is 4.72 Å². The summed E-state index contributed by atoms with van der Waals surface area (Å²) < 4.78 is 29.9. The van der Waals surface area contributed by atoms with E-state index in [0.29, 0.717) is 22.5 Å². The quantitative estimate of drug-likeness (QED) is 0.403. The van der Waals surface area contributed by atoms with Gasteiger partial charge in [0.05, 0.1) is 28.1 Å². The fourth-order valence-corrected chi connectivity index (χ4v) is 4.38. The molecule has 5 aromatic rings. The number of hydrogen-bond acceptors (Lipinski definition) is 5. The van der Waals surface area contributed by atoms with Crippen LogP contribution in [0, 0.1) is 6.92 Å². The summed E-state index contributed by atoms with van der Waals surface area (Å²) in [4.78, 5) is 17.6. The van der Waals surface area contributed by atoms with E-state index >= 15 is 0 Å². The van der Waals surface area contributed by atoms with Crippen LogP contribution in [0.4, 0.5) is 5.69 Å². The van der Waals surface area contributed by atoms with Crippen LogP contribution in [0.5, 0.6) is 0 Å². The maximum atomic E-state index is 13.1. The Bertz CT molecular complexity index is 1700. The fraction of sp³-hybridized carbons (Fsp3) is 0.0417. The number of sulfonamides is 1. The molecule has 8 nitrogen and oxygen atoms in total. The first-order chi connectivity index (χ1) is 15.9. The molecule has 0 aliphatic carbocycles. The normalized spacial score (nSPS) is 11.7. The topological polar surface area (TPSA) is 98.9 Å². The van der Waals surface area contributed by atoms with Crippen LogP contribution in [-0.4, -0.2) is 27.7 Å². The molecule has 5 rings (SSSR count). The SMILES string of the molecule is C=CS(=O)(=O)Nc1cc(-n2c(=O)ccc3cnc4ccc(-n5cccn5)cc4c32)ccc1C. The van der Waals surface area contributed by atoms with Crippen molar-refractivity contribution in [3.8, 4) is 11.4 Å². The Morgan fingerprint density at radius 2 is 1.88 bits per heavy atom. The molecule has 0 aliphatic heterocycles. The summed E-state index contributed by atoms with van der Waals surface area (Å²) in [6, 6.07) is 16.0. The first-order valence-electron chi connectivity index (χ1n) is 10.1. The minimum atomic E-state index is -3.71. The molecule has 2 aromatic carbocycles. The zero-order valence-electron chi connectivity index (χ0n) is 17.6. The molecule has 164 valence electrons. The fourth-order valence-electron chi connectivity index (χ4n) is 3.77. The van der Waals surface area contributed by atoms with Crippen molar-refractivity contribution in [3.63, 3.8) is 0 Å². The molecule has 0 atom stereocenters. The average molecular weight is 458 g/mol. The third-order valence-electron chi connectivity index (χ3n) is 5.42. The highest BCUT2D eigenvalue weighted by atomic mass is 32.2. The van der Waals surface area contributed by atoms with Crippen LogP contribution in [-0.2, 0) is 10.0 Å². The van der Waals surface area contributed by atoms with Gasteiger partial charge in [0.15, 0.2) is 0 Å². The molecular weight excluding hydrogens is 438 g/mol. The third kappa shape index (κ3) is 3.68. The maximum absolute atomic E-state index is 13.1. The summed E-state index contributed by atoms with van der Waals surface area (Å²) in [6.45, 7) is 5.12. The number of aromatic nitrogens is 4. The van der Waals surface area contributed by atoms with Gasteiger partial charge in [-0.25, -0.2) is 13.1 Å². The molecule has 1 N–H and O–H groups in total. The van der Waals surface area contributed by atoms with Gasteiger partial charge < -0.3 is 0 Å². The molecule has 0 bridgehead atoms. The van der Waals surface area contributed by atoms with Crippen LogP contribution in [0.25, 0.3) is 33.2 Å². The first-order valence-corrected chi connectivity index (χ1v) is 11.6. The van der Waals surface area contributed by atoms with Crippen molar-refractivity contribution < 1.29 is 8.42 Å². The Labute approximate surface area is 189 Å². The molecule has 33 heavy (non-hydrogen) atoms. The third-order valence-corrected chi connectivity index (χ3v) is 6.36. The molecule has 3 heterocycles. The predicted molar refractivity (Wildman–Crippen MR) is 129 cm³/mol. The van der Waals surface area contributed by atoms with Crippen molar-refractivity contribution in [3.05, 3.63) is 101 Å². The van der Waals surface area contributed by atoms with Gasteiger partial charge in [0.1, 0.15) is 0 Å². The van der Waals surface area contributed by atoms with Gasteiger partial charge in [-0.3, -0.25) is 19.1 Å². The van der Waals surface area contributed by atoms with E-state index in [1.165, 1.54) is 6.07 Å². The number of benzene rings is 2. The lowest BCUT2D eigenvalue weighted by Crippen LogP contribution is -2.18. The average Bonchev–Trinajstić information content (AvgIpc) is 3.35. The molecule has 0 fully saturated rings. The van der Waals surface area contributed by atoms with Crippen molar-refractivity contribution in [2.45, 2.75) is 6.92 Å². The van der Waals surface area contributed by atoms with Crippen LogP contribution in [0.1, 0.15) is 5.56 Å². The summed E-state index contributed by atoms with van der Waals surface area (Å²) in [6.07, 6.45) is 5.25. The maximum Gasteiger partial charge on any atom is 0.255 e. The number of hydrogen-bond donors (Lipinski definition) is 1. The van der Waals surface area contributed by atoms with Crippen molar-refractivity contribution in [1.29, 1.82) is 0 Å². The number of anilines is 1. The number of pyridine rings is 2. The summed E-state index contributed by atoms with van der Waals surface area (Å²) in [5.74, 6) is 0. The largest absolute Gasteiger partial charge is 0.280 e. The molecular formula is C24H19N5O3S. The molecule has 0 saturated carbocycles. The van der Waals surface area contributed by atoms with Gasteiger partial charge in [-0.1, -0.05) is 12.6 Å². The zero-order chi connectivity index (χ0) is 23.2. The molecule has 3 aromatic heterocycles. The zero-order valence-corrected chi connectivity index (χ0v) is 18.5. The van der Waals surface area contributed by atoms with Gasteiger partial charge in [-0.05, 0) is 55.0 Å². The number of fused-ring (bicyclic) bond motifs is 3. The van der Waals surface area contributed by atoms with Crippen LogP contribution in [0.15, 0.2) is 90.0 Å². The molecule has 0 spiro atoms. The Kier molecular flexibility index (Phi) is 4.83. The lowest BCUT2D eigenvalue weighted by Gasteiger charge is -2.15. The monoisotopic (exact) mass is 457 g/mol. The minimum absolute atomic E-state index is 0.249. The summed E-state index contributed by atoms with van der Waals surface area (Å²) in [5, 5.41) is 6.68. The van der Waals surface area contributed by atoms with Gasteiger partial charge in [-0.15, -0.1) is 0 Å². The van der Waals surface area contributed by atoms with Crippen LogP contribution >= 0.6 is 0 Å². The van der Waals surface area contributed by atoms with Crippen molar-refractivity contribution >= 4 is 37.5 Å². The molecule has 0 saturated heterocycles. The van der Waals surface area contributed by atoms with Crippen molar-refractivity contribution in [1.82, 2.24) is 19.3 Å². The van der Waals surface area contributed by atoms with Gasteiger partial charge in [0, 0.05) is 40.8 Å². The number of aryl methyl sites for hydroxylation is 1. The van der Waals surface area contributed by atoms with Crippen LogP contribution in [0.3, 0.4) is 0 Å². The van der Waals surface area contributed by atoms with E-state index in [2.05, 4.69) is 21.4 Å². The van der Waals surface area contributed by atoms with E-state index in [1.54, 1.807) is 52.8 Å². The Morgan fingerprint density at radius 3 is 2.64 bits per heavy atom. The summed E-state index contributed by atoms with van der Waals surface area (Å²) in [7, 11) is -3.71. The standard InChI is InChI=1S/C24H19N5O3S/c1-3-33(31,32)27-22-14-19(7-5-16(22)2)29-23(30)10-6-17-15-25-21-9-8-18(13-20(21)24(17)29)28-12-4-11-26-28/h3-15,27H,1H2,2H3. The van der Waals surface area contributed by atoms with E-state index in [-0.39, 0.29) is 5.56 Å². The van der Waals surface area contributed by atoms with Gasteiger partial charge in [0.2, 0.25) is 0 Å². The van der Waals surface area contributed by atoms with Crippen LogP contribution < -0.4 is 10.3 Å². The number of nitrogens with one attached hydrogen (secondary N) is 1. The predicted octanol–water partition coefficient (Wildman–Crippen LogP) is 3.92. The first kappa shape index (κ1) is 20.7. The second-order valence-electron chi connectivity index (χ2n) is 7.53. The van der Waals surface area contributed by atoms with E-state index in [1.807, 2.05) is 30.5 Å². The highest BCUT2D eigenvalue weighted by Gasteiger charge is 2.14. The second kappa shape index (κ2) is 7.72. The van der Waals surface area contributed by atoms with E-state index in [9.17, 15) is 13.2 Å². The lowest BCUT2D eigenvalue weighted by molar-refractivity contribution is 0.609. The molecule has 0 aliphatic rings. The smallest absolute Gasteiger partial charge is 0.255 e. The summed E-state index contributed by atoms with van der Waals surface area (Å²) in [5.41, 5.74) is 3.57. The highest BCUT2D eigenvalue weighted by Crippen LogP contribution is 2.28. The molecule has 9 heteroatoms. The van der Waals surface area contributed by atoms with Crippen molar-refractivity contribution in [2.24, 2.45) is 0 Å². The van der Waals surface area contributed by atoms with Crippen LogP contribution in [0.2, 0.25) is 0 Å². The lowest BCUT2D eigenvalue weighted by atomic mass is 10.1. The van der Waals surface area contributed by atoms with Gasteiger partial charge >= 0.3 is 0 Å². The van der Waals surface area contributed by atoms with E-state index in [0.717, 1.165) is 27.4 Å².